The molecule has 0 rings (SSSR count). The molecule has 23 heavy (non-hydrogen) atoms. The van der Waals surface area contributed by atoms with Crippen LogP contribution < -0.4 is 0 Å². The highest BCUT2D eigenvalue weighted by Gasteiger charge is 2.43. The summed E-state index contributed by atoms with van der Waals surface area (Å²) in [6.45, 7) is 21.8. The lowest BCUT2D eigenvalue weighted by molar-refractivity contribution is 0.0728. The molecule has 0 heterocycles. The van der Waals surface area contributed by atoms with Crippen molar-refractivity contribution in [1.29, 1.82) is 0 Å². The minimum absolute atomic E-state index is 0.150. The Kier molecular flexibility index (Phi) is 9.09. The van der Waals surface area contributed by atoms with Crippen LogP contribution in [0.15, 0.2) is 36.8 Å². The van der Waals surface area contributed by atoms with E-state index >= 15 is 0 Å². The summed E-state index contributed by atoms with van der Waals surface area (Å²) < 4.78 is 9.78. The molecular formula is C17H30O3Si3. The van der Waals surface area contributed by atoms with Gasteiger partial charge in [-0.2, -0.15) is 0 Å². The van der Waals surface area contributed by atoms with Crippen molar-refractivity contribution >= 4 is 33.3 Å². The van der Waals surface area contributed by atoms with Crippen LogP contribution in [0, 0.1) is 0 Å². The molecule has 128 valence electrons. The normalized spacial score (nSPS) is 12.4. The zero-order valence-corrected chi connectivity index (χ0v) is 18.2. The number of ether oxygens (including phenoxy) is 2. The smallest absolute Gasteiger partial charge is 0.438 e. The van der Waals surface area contributed by atoms with Crippen LogP contribution in [-0.2, 0) is 9.47 Å². The molecule has 0 aliphatic rings. The highest BCUT2D eigenvalue weighted by molar-refractivity contribution is 7.01. The van der Waals surface area contributed by atoms with Gasteiger partial charge in [-0.25, -0.2) is 4.79 Å². The Morgan fingerprint density at radius 2 is 1.65 bits per heavy atom. The van der Waals surface area contributed by atoms with E-state index in [1.165, 1.54) is 7.11 Å². The maximum absolute atomic E-state index is 10.9. The van der Waals surface area contributed by atoms with E-state index in [9.17, 15) is 4.79 Å². The largest absolute Gasteiger partial charge is 0.507 e. The first-order chi connectivity index (χ1) is 10.6. The fraction of sp³-hybridized carbons (Fsp3) is 0.588. The summed E-state index contributed by atoms with van der Waals surface area (Å²) >= 11 is 0. The van der Waals surface area contributed by atoms with Crippen LogP contribution in [0.2, 0.25) is 15.4 Å². The second-order valence-corrected chi connectivity index (χ2v) is 16.7. The summed E-state index contributed by atoms with van der Waals surface area (Å²) in [6, 6.07) is 1.05. The Morgan fingerprint density at radius 3 is 2.09 bits per heavy atom. The number of hydrogen-bond donors (Lipinski definition) is 0. The molecule has 3 nitrogen and oxygen atoms in total. The van der Waals surface area contributed by atoms with Crippen LogP contribution >= 0.6 is 0 Å². The summed E-state index contributed by atoms with van der Waals surface area (Å²) in [5.41, 5.74) is 6.26. The predicted octanol–water partition coefficient (Wildman–Crippen LogP) is 4.50. The van der Waals surface area contributed by atoms with Gasteiger partial charge in [0.05, 0.1) is 13.7 Å². The van der Waals surface area contributed by atoms with Gasteiger partial charge in [-0.1, -0.05) is 55.5 Å². The van der Waals surface area contributed by atoms with E-state index in [4.69, 9.17) is 4.74 Å². The van der Waals surface area contributed by atoms with Gasteiger partial charge in [-0.15, -0.1) is 19.7 Å². The molecule has 0 unspecified atom stereocenters. The number of rotatable bonds is 11. The Labute approximate surface area is 147 Å². The molecule has 0 saturated heterocycles. The quantitative estimate of drug-likeness (QED) is 0.307. The van der Waals surface area contributed by atoms with Crippen LogP contribution in [0.3, 0.4) is 0 Å². The molecule has 0 fully saturated rings. The number of hydrogen-bond acceptors (Lipinski definition) is 3. The number of methoxy groups -OCH3 is 1. The number of carbonyl (C=O) groups excluding carboxylic acids is 1. The monoisotopic (exact) mass is 366 g/mol. The van der Waals surface area contributed by atoms with Crippen molar-refractivity contribution in [3.8, 4) is 0 Å². The minimum atomic E-state index is -1.91. The van der Waals surface area contributed by atoms with Crippen molar-refractivity contribution in [2.75, 3.05) is 13.7 Å². The molecule has 0 aromatic heterocycles. The van der Waals surface area contributed by atoms with Crippen molar-refractivity contribution in [2.45, 2.75) is 49.5 Å². The average molecular weight is 367 g/mol. The molecule has 4 radical (unpaired) electrons. The van der Waals surface area contributed by atoms with Crippen molar-refractivity contribution in [2.24, 2.45) is 0 Å². The lowest BCUT2D eigenvalue weighted by Gasteiger charge is -2.43. The number of carbonyl (C=O) groups is 1. The molecule has 0 amide bonds. The molecule has 0 bridgehead atoms. The van der Waals surface area contributed by atoms with Gasteiger partial charge in [0.15, 0.2) is 0 Å². The zero-order chi connectivity index (χ0) is 18.1. The third-order valence-corrected chi connectivity index (χ3v) is 13.5. The van der Waals surface area contributed by atoms with Crippen LogP contribution in [0.4, 0.5) is 4.79 Å². The summed E-state index contributed by atoms with van der Waals surface area (Å²) in [4.78, 5) is 10.9. The van der Waals surface area contributed by atoms with Crippen molar-refractivity contribution in [1.82, 2.24) is 0 Å². The van der Waals surface area contributed by atoms with Gasteiger partial charge in [0.2, 0.25) is 0 Å². The molecule has 0 N–H and O–H groups in total. The predicted molar refractivity (Wildman–Crippen MR) is 104 cm³/mol. The third kappa shape index (κ3) is 6.64. The summed E-state index contributed by atoms with van der Waals surface area (Å²) in [5, 5.41) is 0. The Hall–Kier alpha value is -0.859. The third-order valence-electron chi connectivity index (χ3n) is 4.00. The Bertz CT molecular complexity index is 409. The van der Waals surface area contributed by atoms with Crippen LogP contribution in [0.25, 0.3) is 0 Å². The minimum Gasteiger partial charge on any atom is -0.438 e. The van der Waals surface area contributed by atoms with Gasteiger partial charge in [0.1, 0.15) is 8.07 Å². The SMILES string of the molecule is C=C[Si](C=C)(C=C)C(C)(C)[Si]C(C)(C)[Si]CCCOC(=O)OC. The molecule has 0 spiro atoms. The van der Waals surface area contributed by atoms with Crippen molar-refractivity contribution in [3.05, 3.63) is 36.8 Å². The molecule has 0 aliphatic carbocycles. The molecule has 0 aromatic rings. The first-order valence-electron chi connectivity index (χ1n) is 7.75. The van der Waals surface area contributed by atoms with Gasteiger partial charge in [-0.05, 0) is 11.1 Å². The van der Waals surface area contributed by atoms with Crippen LogP contribution in [0.5, 0.6) is 0 Å². The van der Waals surface area contributed by atoms with E-state index in [2.05, 4.69) is 69.3 Å². The second kappa shape index (κ2) is 9.44. The van der Waals surface area contributed by atoms with Crippen LogP contribution in [0.1, 0.15) is 34.1 Å². The van der Waals surface area contributed by atoms with Gasteiger partial charge in [-0.3, -0.25) is 0 Å². The fourth-order valence-corrected chi connectivity index (χ4v) is 11.9. The second-order valence-electron chi connectivity index (χ2n) is 6.50. The van der Waals surface area contributed by atoms with E-state index in [0.29, 0.717) is 6.61 Å². The summed E-state index contributed by atoms with van der Waals surface area (Å²) in [5.74, 6) is 0. The van der Waals surface area contributed by atoms with Gasteiger partial charge in [0, 0.05) is 19.0 Å². The van der Waals surface area contributed by atoms with E-state index in [0.717, 1.165) is 31.5 Å². The molecule has 0 saturated carbocycles. The average Bonchev–Trinajstić information content (AvgIpc) is 2.47. The van der Waals surface area contributed by atoms with Crippen molar-refractivity contribution < 1.29 is 14.3 Å². The first-order valence-corrected chi connectivity index (χ1v) is 12.2. The van der Waals surface area contributed by atoms with E-state index in [1.807, 2.05) is 0 Å². The van der Waals surface area contributed by atoms with Crippen molar-refractivity contribution in [3.63, 3.8) is 0 Å². The molecule has 0 aromatic carbocycles. The maximum atomic E-state index is 10.9. The lowest BCUT2D eigenvalue weighted by Crippen LogP contribution is -2.47. The van der Waals surface area contributed by atoms with Crippen LogP contribution in [-0.4, -0.2) is 47.0 Å². The highest BCUT2D eigenvalue weighted by atomic mass is 28.4. The fourth-order valence-electron chi connectivity index (χ4n) is 2.64. The zero-order valence-electron chi connectivity index (χ0n) is 15.2. The molecule has 6 heteroatoms. The van der Waals surface area contributed by atoms with Gasteiger partial charge >= 0.3 is 6.16 Å². The van der Waals surface area contributed by atoms with E-state index in [1.54, 1.807) is 0 Å². The Balaban J connectivity index is 4.60. The van der Waals surface area contributed by atoms with E-state index in [-0.39, 0.29) is 9.32 Å². The highest BCUT2D eigenvalue weighted by Crippen LogP contribution is 2.44. The molecule has 0 aliphatic heterocycles. The Morgan fingerprint density at radius 1 is 1.13 bits per heavy atom. The first kappa shape index (κ1) is 22.1. The van der Waals surface area contributed by atoms with Gasteiger partial charge < -0.3 is 9.47 Å². The maximum Gasteiger partial charge on any atom is 0.507 e. The topological polar surface area (TPSA) is 35.5 Å². The summed E-state index contributed by atoms with van der Waals surface area (Å²) in [7, 11) is 1.03. The standard InChI is InChI=1S/C17H30O3Si3/c1-9-23(10-2,11-3)17(6,7)22-16(4,5)21-14-12-13-20-15(18)19-8/h9-11H,1-3,12-14H2,4-8H3. The van der Waals surface area contributed by atoms with Gasteiger partial charge in [0.25, 0.3) is 0 Å². The lowest BCUT2D eigenvalue weighted by atomic mass is 10.5. The molecule has 0 atom stereocenters. The van der Waals surface area contributed by atoms with E-state index < -0.39 is 14.2 Å². The molecular weight excluding hydrogens is 336 g/mol. The summed E-state index contributed by atoms with van der Waals surface area (Å²) in [6.07, 6.45) is 0.267.